The van der Waals surface area contributed by atoms with E-state index in [0.717, 1.165) is 109 Å². The van der Waals surface area contributed by atoms with Crippen molar-refractivity contribution in [1.29, 1.82) is 0 Å². The maximum Gasteiger partial charge on any atom is 0.309 e. The molecule has 0 amide bonds. The van der Waals surface area contributed by atoms with Gasteiger partial charge in [0.25, 0.3) is 0 Å². The first-order valence-corrected chi connectivity index (χ1v) is 31.0. The highest BCUT2D eigenvalue weighted by Crippen LogP contribution is 2.16. The van der Waals surface area contributed by atoms with Crippen molar-refractivity contribution in [3.8, 4) is 0 Å². The summed E-state index contributed by atoms with van der Waals surface area (Å²) in [6, 6.07) is 0. The summed E-state index contributed by atoms with van der Waals surface area (Å²) in [5.74, 6) is -1.08. The van der Waals surface area contributed by atoms with Gasteiger partial charge in [-0.1, -0.05) is 271 Å². The molecule has 0 aliphatic rings. The number of hydrogen-bond donors (Lipinski definition) is 0. The summed E-state index contributed by atoms with van der Waals surface area (Å²) in [4.78, 5) is 38.2. The molecule has 0 rings (SSSR count). The molecule has 0 radical (unpaired) electrons. The number of ether oxygens (including phenoxy) is 3. The summed E-state index contributed by atoms with van der Waals surface area (Å²) in [7, 11) is 0. The molecular weight excluding hydrogens is 925 g/mol. The molecule has 0 aliphatic heterocycles. The van der Waals surface area contributed by atoms with Gasteiger partial charge in [0.05, 0.1) is 6.42 Å². The summed E-state index contributed by atoms with van der Waals surface area (Å²) < 4.78 is 16.8. The number of allylic oxidation sites excluding steroid dienone is 19. The van der Waals surface area contributed by atoms with E-state index < -0.39 is 12.1 Å². The Kier molecular flexibility index (Phi) is 58.9. The molecule has 0 aromatic carbocycles. The minimum atomic E-state index is -0.835. The molecule has 0 fully saturated rings. The monoisotopic (exact) mass is 1040 g/mol. The van der Waals surface area contributed by atoms with Crippen LogP contribution in [-0.2, 0) is 28.6 Å². The molecule has 0 aromatic heterocycles. The Hall–Kier alpha value is -4.19. The van der Waals surface area contributed by atoms with Crippen molar-refractivity contribution in [2.75, 3.05) is 13.2 Å². The van der Waals surface area contributed by atoms with Crippen LogP contribution >= 0.6 is 0 Å². The highest BCUT2D eigenvalue weighted by Gasteiger charge is 2.19. The van der Waals surface area contributed by atoms with E-state index in [9.17, 15) is 14.4 Å². The number of carbonyl (C=O) groups excluding carboxylic acids is 3. The number of esters is 3. The first-order chi connectivity index (χ1) is 37.0. The number of unbranched alkanes of at least 4 members (excludes halogenated alkanes) is 25. The van der Waals surface area contributed by atoms with Crippen LogP contribution in [0, 0.1) is 0 Å². The van der Waals surface area contributed by atoms with Gasteiger partial charge < -0.3 is 14.2 Å². The molecule has 0 aliphatic carbocycles. The number of rotatable bonds is 55. The molecular formula is C69H114O6. The van der Waals surface area contributed by atoms with E-state index in [1.165, 1.54) is 128 Å². The third-order valence-corrected chi connectivity index (χ3v) is 13.0. The minimum Gasteiger partial charge on any atom is -0.462 e. The summed E-state index contributed by atoms with van der Waals surface area (Å²) in [6.45, 7) is 6.31. The molecule has 0 N–H and O–H groups in total. The summed E-state index contributed by atoms with van der Waals surface area (Å²) in [5.41, 5.74) is 0. The van der Waals surface area contributed by atoms with Gasteiger partial charge >= 0.3 is 17.9 Å². The molecule has 75 heavy (non-hydrogen) atoms. The van der Waals surface area contributed by atoms with Crippen molar-refractivity contribution >= 4 is 17.9 Å². The third-order valence-electron chi connectivity index (χ3n) is 13.0. The molecule has 0 aromatic rings. The van der Waals surface area contributed by atoms with Crippen LogP contribution in [0.1, 0.15) is 278 Å². The largest absolute Gasteiger partial charge is 0.462 e. The molecule has 0 saturated heterocycles. The van der Waals surface area contributed by atoms with Crippen molar-refractivity contribution in [3.63, 3.8) is 0 Å². The zero-order valence-corrected chi connectivity index (χ0v) is 48.8. The SMILES string of the molecule is CC/C=C\C/C=C\C/C=C\C/C=C\C/C=C\CC(=O)OCC(COC(=O)CCCCCCCCCCCCCCC/C=C\CCCCCCCCCC)OC(=O)CCCCCC/C=C\C/C=C\C/C=C\C/C=C\CC. The minimum absolute atomic E-state index is 0.118. The standard InChI is InChI=1S/C69H114O6/c1-4-7-10-13-16-19-22-25-28-30-31-32-33-34-35-36-37-39-41-44-47-50-53-56-59-62-68(71)74-65-66(64-73-67(70)61-58-55-52-49-46-43-40-27-24-21-18-15-12-9-6-3)75-69(72)63-60-57-54-51-48-45-42-38-29-26-23-20-17-14-11-8-5-2/h8-9,11-12,17-18,20-21,26-27,29-31,40,42,45-46,49,55,58,66H,4-7,10,13-16,19,22-25,28,32-39,41,43-44,47-48,50-54,56-57,59-65H2,1-3H3/b11-8-,12-9-,20-17-,21-18-,29-26-,31-30-,40-27-,45-42-,49-46-,58-55-. The Balaban J connectivity index is 4.42. The van der Waals surface area contributed by atoms with E-state index in [4.69, 9.17) is 14.2 Å². The van der Waals surface area contributed by atoms with Crippen LogP contribution in [0.4, 0.5) is 0 Å². The second kappa shape index (κ2) is 62.4. The summed E-state index contributed by atoms with van der Waals surface area (Å²) in [6.07, 6.45) is 86.6. The van der Waals surface area contributed by atoms with Gasteiger partial charge in [0.15, 0.2) is 6.10 Å². The topological polar surface area (TPSA) is 78.9 Å². The highest BCUT2D eigenvalue weighted by molar-refractivity contribution is 5.72. The number of carbonyl (C=O) groups is 3. The fourth-order valence-corrected chi connectivity index (χ4v) is 8.38. The Morgan fingerprint density at radius 2 is 0.573 bits per heavy atom. The molecule has 0 heterocycles. The van der Waals surface area contributed by atoms with Crippen LogP contribution in [0.3, 0.4) is 0 Å². The normalized spacial score (nSPS) is 12.9. The average Bonchev–Trinajstić information content (AvgIpc) is 3.41. The van der Waals surface area contributed by atoms with E-state index in [-0.39, 0.29) is 38.0 Å². The van der Waals surface area contributed by atoms with Gasteiger partial charge in [-0.05, 0) is 109 Å². The van der Waals surface area contributed by atoms with Gasteiger partial charge in [-0.15, -0.1) is 0 Å². The lowest BCUT2D eigenvalue weighted by atomic mass is 10.0. The van der Waals surface area contributed by atoms with Crippen molar-refractivity contribution in [3.05, 3.63) is 122 Å². The fraction of sp³-hybridized carbons (Fsp3) is 0.667. The van der Waals surface area contributed by atoms with Crippen LogP contribution < -0.4 is 0 Å². The van der Waals surface area contributed by atoms with E-state index in [1.54, 1.807) is 6.08 Å². The second-order valence-corrected chi connectivity index (χ2v) is 20.2. The Bertz CT molecular complexity index is 1570. The smallest absolute Gasteiger partial charge is 0.309 e. The maximum atomic E-state index is 12.9. The molecule has 426 valence electrons. The fourth-order valence-electron chi connectivity index (χ4n) is 8.38. The third kappa shape index (κ3) is 60.6. The van der Waals surface area contributed by atoms with Crippen LogP contribution in [0.15, 0.2) is 122 Å². The predicted octanol–water partition coefficient (Wildman–Crippen LogP) is 21.2. The van der Waals surface area contributed by atoms with Gasteiger partial charge in [-0.25, -0.2) is 0 Å². The van der Waals surface area contributed by atoms with Crippen LogP contribution in [-0.4, -0.2) is 37.2 Å². The van der Waals surface area contributed by atoms with Crippen LogP contribution in [0.25, 0.3) is 0 Å². The first kappa shape index (κ1) is 70.8. The lowest BCUT2D eigenvalue weighted by Gasteiger charge is -2.18. The van der Waals surface area contributed by atoms with Crippen molar-refractivity contribution in [2.45, 2.75) is 284 Å². The maximum absolute atomic E-state index is 12.9. The van der Waals surface area contributed by atoms with Gasteiger partial charge in [-0.2, -0.15) is 0 Å². The average molecular weight is 1040 g/mol. The van der Waals surface area contributed by atoms with Crippen LogP contribution in [0.5, 0.6) is 0 Å². The van der Waals surface area contributed by atoms with Gasteiger partial charge in [-0.3, -0.25) is 14.4 Å². The molecule has 0 bridgehead atoms. The van der Waals surface area contributed by atoms with Crippen LogP contribution in [0.2, 0.25) is 0 Å². The molecule has 0 saturated carbocycles. The highest BCUT2D eigenvalue weighted by atomic mass is 16.6. The zero-order valence-electron chi connectivity index (χ0n) is 48.8. The predicted molar refractivity (Wildman–Crippen MR) is 325 cm³/mol. The van der Waals surface area contributed by atoms with Gasteiger partial charge in [0.2, 0.25) is 0 Å². The van der Waals surface area contributed by atoms with Crippen molar-refractivity contribution in [1.82, 2.24) is 0 Å². The van der Waals surface area contributed by atoms with Crippen molar-refractivity contribution < 1.29 is 28.6 Å². The lowest BCUT2D eigenvalue weighted by Crippen LogP contribution is -2.30. The Morgan fingerprint density at radius 1 is 0.293 bits per heavy atom. The molecule has 1 atom stereocenters. The zero-order chi connectivity index (χ0) is 54.3. The van der Waals surface area contributed by atoms with E-state index in [0.29, 0.717) is 6.42 Å². The Morgan fingerprint density at radius 3 is 0.947 bits per heavy atom. The molecule has 6 nitrogen and oxygen atoms in total. The Labute approximate surface area is 462 Å². The summed E-state index contributed by atoms with van der Waals surface area (Å²) >= 11 is 0. The van der Waals surface area contributed by atoms with Gasteiger partial charge in [0, 0.05) is 12.8 Å². The van der Waals surface area contributed by atoms with E-state index in [2.05, 4.69) is 130 Å². The summed E-state index contributed by atoms with van der Waals surface area (Å²) in [5, 5.41) is 0. The van der Waals surface area contributed by atoms with Crippen molar-refractivity contribution in [2.24, 2.45) is 0 Å². The quantitative estimate of drug-likeness (QED) is 0.0261. The second-order valence-electron chi connectivity index (χ2n) is 20.2. The number of hydrogen-bond acceptors (Lipinski definition) is 6. The molecule has 0 spiro atoms. The first-order valence-electron chi connectivity index (χ1n) is 31.0. The lowest BCUT2D eigenvalue weighted by molar-refractivity contribution is -0.166. The molecule has 1 unspecified atom stereocenters. The van der Waals surface area contributed by atoms with E-state index in [1.807, 2.05) is 6.08 Å². The molecule has 6 heteroatoms. The van der Waals surface area contributed by atoms with Gasteiger partial charge in [0.1, 0.15) is 13.2 Å². The van der Waals surface area contributed by atoms with E-state index >= 15 is 0 Å².